The monoisotopic (exact) mass is 403 g/mol. The number of aromatic nitrogens is 1. The van der Waals surface area contributed by atoms with Gasteiger partial charge in [-0.25, -0.2) is 4.98 Å². The molecule has 7 heteroatoms. The van der Waals surface area contributed by atoms with E-state index in [1.165, 1.54) is 5.56 Å². The number of nitrogens with one attached hydrogen (secondary N) is 1. The number of thiazole rings is 1. The molecule has 1 fully saturated rings. The number of benzene rings is 1. The van der Waals surface area contributed by atoms with Gasteiger partial charge >= 0.3 is 0 Å². The molecule has 2 heterocycles. The zero-order chi connectivity index (χ0) is 19.9. The smallest absolute Gasteiger partial charge is 0.220 e. The number of rotatable bonds is 8. The van der Waals surface area contributed by atoms with Crippen LogP contribution in [-0.2, 0) is 11.3 Å². The largest absolute Gasteiger partial charge is 0.493 e. The first-order valence-corrected chi connectivity index (χ1v) is 10.6. The first-order chi connectivity index (χ1) is 13.6. The number of piperidine rings is 1. The number of hydrogen-bond donors (Lipinski definition) is 1. The van der Waals surface area contributed by atoms with E-state index in [9.17, 15) is 4.79 Å². The fraction of sp³-hybridized carbons (Fsp3) is 0.524. The maximum Gasteiger partial charge on any atom is 0.220 e. The summed E-state index contributed by atoms with van der Waals surface area (Å²) in [6.45, 7) is 4.72. The van der Waals surface area contributed by atoms with Crippen LogP contribution >= 0.6 is 11.3 Å². The molecule has 1 aliphatic rings. The van der Waals surface area contributed by atoms with Gasteiger partial charge < -0.3 is 14.8 Å². The van der Waals surface area contributed by atoms with E-state index in [0.29, 0.717) is 12.3 Å². The normalized spacial score (nSPS) is 18.5. The number of hydrogen-bond acceptors (Lipinski definition) is 6. The van der Waals surface area contributed by atoms with Gasteiger partial charge in [-0.2, -0.15) is 0 Å². The van der Waals surface area contributed by atoms with Crippen molar-refractivity contribution in [1.29, 1.82) is 0 Å². The molecule has 1 aromatic carbocycles. The van der Waals surface area contributed by atoms with Crippen LogP contribution in [0.1, 0.15) is 42.8 Å². The minimum atomic E-state index is -0.0133. The second-order valence-electron chi connectivity index (χ2n) is 7.10. The zero-order valence-electron chi connectivity index (χ0n) is 16.8. The van der Waals surface area contributed by atoms with Gasteiger partial charge in [0.1, 0.15) is 5.01 Å². The Morgan fingerprint density at radius 2 is 2.18 bits per heavy atom. The second-order valence-corrected chi connectivity index (χ2v) is 8.02. The highest BCUT2D eigenvalue weighted by Gasteiger charge is 2.31. The standard InChI is InChI=1S/C21H29N3O3S/c1-4-19(25)23-20(21-22-9-11-28-21)16-6-5-10-24(14-16)13-15-7-8-17(26-2)18(12-15)27-3/h7-9,11-12,16,20H,4-6,10,13-14H2,1-3H3,(H,23,25)/t16-,20+/m1/s1. The number of amides is 1. The number of ether oxygens (including phenoxy) is 2. The first kappa shape index (κ1) is 20.6. The van der Waals surface area contributed by atoms with Gasteiger partial charge in [0.05, 0.1) is 20.3 Å². The Morgan fingerprint density at radius 1 is 1.36 bits per heavy atom. The number of nitrogens with zero attached hydrogens (tertiary/aromatic N) is 2. The Morgan fingerprint density at radius 3 is 2.86 bits per heavy atom. The fourth-order valence-electron chi connectivity index (χ4n) is 3.79. The van der Waals surface area contributed by atoms with Gasteiger partial charge in [0.2, 0.25) is 5.91 Å². The predicted molar refractivity (Wildman–Crippen MR) is 111 cm³/mol. The lowest BCUT2D eigenvalue weighted by Gasteiger charge is -2.36. The summed E-state index contributed by atoms with van der Waals surface area (Å²) in [6.07, 6.45) is 4.51. The van der Waals surface area contributed by atoms with Crippen molar-refractivity contribution in [1.82, 2.24) is 15.2 Å². The number of carbonyl (C=O) groups is 1. The van der Waals surface area contributed by atoms with Crippen molar-refractivity contribution in [2.75, 3.05) is 27.3 Å². The van der Waals surface area contributed by atoms with Gasteiger partial charge in [-0.15, -0.1) is 11.3 Å². The molecule has 0 radical (unpaired) electrons. The minimum absolute atomic E-state index is 0.0133. The van der Waals surface area contributed by atoms with Gasteiger partial charge in [0.15, 0.2) is 11.5 Å². The Kier molecular flexibility index (Phi) is 7.28. The molecule has 152 valence electrons. The molecule has 6 nitrogen and oxygen atoms in total. The van der Waals surface area contributed by atoms with Crippen LogP contribution < -0.4 is 14.8 Å². The Bertz CT molecular complexity index is 766. The topological polar surface area (TPSA) is 63.7 Å². The van der Waals surface area contributed by atoms with E-state index in [2.05, 4.69) is 21.3 Å². The molecule has 1 aliphatic heterocycles. The highest BCUT2D eigenvalue weighted by molar-refractivity contribution is 7.09. The summed E-state index contributed by atoms with van der Waals surface area (Å²) in [5.41, 5.74) is 1.20. The van der Waals surface area contributed by atoms with Crippen molar-refractivity contribution in [2.24, 2.45) is 5.92 Å². The molecule has 1 saturated heterocycles. The predicted octanol–water partition coefficient (Wildman–Crippen LogP) is 3.64. The summed E-state index contributed by atoms with van der Waals surface area (Å²) in [5.74, 6) is 1.94. The molecule has 2 atom stereocenters. The van der Waals surface area contributed by atoms with Crippen LogP contribution in [0.3, 0.4) is 0 Å². The average molecular weight is 404 g/mol. The van der Waals surface area contributed by atoms with Crippen LogP contribution in [0.5, 0.6) is 11.5 Å². The summed E-state index contributed by atoms with van der Waals surface area (Å²) >= 11 is 1.62. The third kappa shape index (κ3) is 5.02. The van der Waals surface area contributed by atoms with Gasteiger partial charge in [-0.3, -0.25) is 9.69 Å². The van der Waals surface area contributed by atoms with Crippen molar-refractivity contribution in [3.8, 4) is 11.5 Å². The maximum absolute atomic E-state index is 12.1. The minimum Gasteiger partial charge on any atom is -0.493 e. The molecule has 1 amide bonds. The first-order valence-electron chi connectivity index (χ1n) is 9.76. The molecule has 0 bridgehead atoms. The molecular formula is C21H29N3O3S. The van der Waals surface area contributed by atoms with Crippen molar-refractivity contribution in [3.05, 3.63) is 40.3 Å². The molecule has 1 N–H and O–H groups in total. The lowest BCUT2D eigenvalue weighted by atomic mass is 9.90. The van der Waals surface area contributed by atoms with Crippen LogP contribution in [0.15, 0.2) is 29.8 Å². The van der Waals surface area contributed by atoms with E-state index in [-0.39, 0.29) is 11.9 Å². The number of carbonyl (C=O) groups excluding carboxylic acids is 1. The van der Waals surface area contributed by atoms with Gasteiger partial charge in [0.25, 0.3) is 0 Å². The van der Waals surface area contributed by atoms with Crippen LogP contribution in [0.25, 0.3) is 0 Å². The summed E-state index contributed by atoms with van der Waals surface area (Å²) in [4.78, 5) is 19.0. The highest BCUT2D eigenvalue weighted by atomic mass is 32.1. The Labute approximate surface area is 170 Å². The molecular weight excluding hydrogens is 374 g/mol. The third-order valence-electron chi connectivity index (χ3n) is 5.22. The number of methoxy groups -OCH3 is 2. The van der Waals surface area contributed by atoms with Gasteiger partial charge in [-0.05, 0) is 43.0 Å². The molecule has 0 unspecified atom stereocenters. The number of likely N-dealkylation sites (tertiary alicyclic amines) is 1. The lowest BCUT2D eigenvalue weighted by molar-refractivity contribution is -0.122. The lowest BCUT2D eigenvalue weighted by Crippen LogP contribution is -2.42. The molecule has 0 aliphatic carbocycles. The van der Waals surface area contributed by atoms with Gasteiger partial charge in [-0.1, -0.05) is 13.0 Å². The SMILES string of the molecule is CCC(=O)N[C@H](c1nccs1)[C@@H]1CCCN(Cc2ccc(OC)c(OC)c2)C1. The van der Waals surface area contributed by atoms with Crippen molar-refractivity contribution >= 4 is 17.2 Å². The van der Waals surface area contributed by atoms with E-state index in [1.807, 2.05) is 30.6 Å². The van der Waals surface area contributed by atoms with E-state index in [0.717, 1.165) is 49.0 Å². The maximum atomic E-state index is 12.1. The summed E-state index contributed by atoms with van der Waals surface area (Å²) in [6, 6.07) is 6.07. The molecule has 1 aromatic heterocycles. The molecule has 28 heavy (non-hydrogen) atoms. The Balaban J connectivity index is 1.71. The van der Waals surface area contributed by atoms with E-state index in [4.69, 9.17) is 9.47 Å². The molecule has 0 spiro atoms. The van der Waals surface area contributed by atoms with E-state index < -0.39 is 0 Å². The fourth-order valence-corrected chi connectivity index (χ4v) is 4.57. The van der Waals surface area contributed by atoms with Crippen LogP contribution in [0.2, 0.25) is 0 Å². The van der Waals surface area contributed by atoms with E-state index >= 15 is 0 Å². The second kappa shape index (κ2) is 9.89. The quantitative estimate of drug-likeness (QED) is 0.729. The summed E-state index contributed by atoms with van der Waals surface area (Å²) < 4.78 is 10.8. The molecule has 2 aromatic rings. The van der Waals surface area contributed by atoms with Crippen LogP contribution in [-0.4, -0.2) is 43.1 Å². The summed E-state index contributed by atoms with van der Waals surface area (Å²) in [5, 5.41) is 6.18. The summed E-state index contributed by atoms with van der Waals surface area (Å²) in [7, 11) is 3.31. The van der Waals surface area contributed by atoms with Crippen LogP contribution in [0, 0.1) is 5.92 Å². The van der Waals surface area contributed by atoms with Crippen molar-refractivity contribution in [2.45, 2.75) is 38.8 Å². The average Bonchev–Trinajstić information content (AvgIpc) is 3.26. The van der Waals surface area contributed by atoms with Crippen molar-refractivity contribution < 1.29 is 14.3 Å². The molecule has 0 saturated carbocycles. The van der Waals surface area contributed by atoms with Crippen LogP contribution in [0.4, 0.5) is 0 Å². The zero-order valence-corrected chi connectivity index (χ0v) is 17.6. The molecule has 3 rings (SSSR count). The van der Waals surface area contributed by atoms with Crippen molar-refractivity contribution in [3.63, 3.8) is 0 Å². The highest BCUT2D eigenvalue weighted by Crippen LogP contribution is 2.33. The van der Waals surface area contributed by atoms with Gasteiger partial charge in [0, 0.05) is 31.1 Å². The van der Waals surface area contributed by atoms with E-state index in [1.54, 1.807) is 25.6 Å². The Hall–Kier alpha value is -2.12. The third-order valence-corrected chi connectivity index (χ3v) is 6.08.